The van der Waals surface area contributed by atoms with Crippen molar-refractivity contribution in [2.24, 2.45) is 10.8 Å². The van der Waals surface area contributed by atoms with Crippen LogP contribution in [0.25, 0.3) is 0 Å². The van der Waals surface area contributed by atoms with E-state index in [9.17, 15) is 0 Å². The van der Waals surface area contributed by atoms with Gasteiger partial charge >= 0.3 is 0 Å². The molecule has 0 amide bonds. The van der Waals surface area contributed by atoms with E-state index in [-0.39, 0.29) is 0 Å². The van der Waals surface area contributed by atoms with Crippen LogP contribution in [0.3, 0.4) is 0 Å². The first-order valence-electron chi connectivity index (χ1n) is 4.58. The lowest BCUT2D eigenvalue weighted by Gasteiger charge is -2.10. The summed E-state index contributed by atoms with van der Waals surface area (Å²) in [5.74, 6) is 6.64. The largest absolute Gasteiger partial charge is 0.496 e. The van der Waals surface area contributed by atoms with E-state index in [4.69, 9.17) is 22.2 Å². The number of hydrogen-bond acceptors (Lipinski definition) is 3. The Hall–Kier alpha value is -1.26. The smallest absolute Gasteiger partial charge is 0.146 e. The summed E-state index contributed by atoms with van der Waals surface area (Å²) >= 11 is 5.90. The highest BCUT2D eigenvalue weighted by Crippen LogP contribution is 2.22. The number of halogens is 1. The molecule has 4 nitrogen and oxygen atoms in total. The van der Waals surface area contributed by atoms with Gasteiger partial charge in [-0.05, 0) is 25.1 Å². The first-order chi connectivity index (χ1) is 7.22. The van der Waals surface area contributed by atoms with Gasteiger partial charge in [-0.25, -0.2) is 5.84 Å². The Labute approximate surface area is 94.1 Å². The van der Waals surface area contributed by atoms with Crippen LogP contribution in [0, 0.1) is 0 Å². The van der Waals surface area contributed by atoms with E-state index in [1.807, 2.05) is 6.92 Å². The number of aliphatic imine (C=N–C) groups is 1. The molecule has 0 aliphatic heterocycles. The minimum absolute atomic E-state index is 0.567. The van der Waals surface area contributed by atoms with Crippen molar-refractivity contribution < 1.29 is 4.74 Å². The molecule has 0 saturated carbocycles. The van der Waals surface area contributed by atoms with E-state index < -0.39 is 0 Å². The van der Waals surface area contributed by atoms with Gasteiger partial charge in [-0.15, -0.1) is 0 Å². The number of hydrazine groups is 1. The van der Waals surface area contributed by atoms with Gasteiger partial charge in [0, 0.05) is 11.6 Å². The van der Waals surface area contributed by atoms with E-state index >= 15 is 0 Å². The molecule has 1 rings (SSSR count). The normalized spacial score (nSPS) is 11.3. The second kappa shape index (κ2) is 5.58. The van der Waals surface area contributed by atoms with E-state index in [1.165, 1.54) is 0 Å². The summed E-state index contributed by atoms with van der Waals surface area (Å²) in [6.07, 6.45) is 0. The molecule has 82 valence electrons. The molecule has 0 fully saturated rings. The number of ether oxygens (including phenoxy) is 1. The molecule has 0 bridgehead atoms. The molecule has 0 unspecified atom stereocenters. The van der Waals surface area contributed by atoms with E-state index in [0.717, 1.165) is 5.56 Å². The number of amidine groups is 1. The van der Waals surface area contributed by atoms with Crippen LogP contribution in [-0.4, -0.2) is 19.5 Å². The minimum atomic E-state index is 0.567. The van der Waals surface area contributed by atoms with Gasteiger partial charge in [-0.3, -0.25) is 4.99 Å². The Morgan fingerprint density at radius 3 is 2.87 bits per heavy atom. The van der Waals surface area contributed by atoms with Crippen molar-refractivity contribution in [3.63, 3.8) is 0 Å². The van der Waals surface area contributed by atoms with Crippen LogP contribution >= 0.6 is 11.6 Å². The third kappa shape index (κ3) is 2.84. The Morgan fingerprint density at radius 1 is 1.60 bits per heavy atom. The molecule has 0 saturated heterocycles. The number of nitrogens with two attached hydrogens (primary N) is 1. The number of hydrogen-bond donors (Lipinski definition) is 2. The second-order valence-electron chi connectivity index (χ2n) is 2.81. The van der Waals surface area contributed by atoms with Gasteiger partial charge in [0.25, 0.3) is 0 Å². The summed E-state index contributed by atoms with van der Waals surface area (Å²) < 4.78 is 5.19. The third-order valence-electron chi connectivity index (χ3n) is 1.87. The zero-order valence-electron chi connectivity index (χ0n) is 8.75. The van der Waals surface area contributed by atoms with Crippen molar-refractivity contribution in [1.82, 2.24) is 5.43 Å². The van der Waals surface area contributed by atoms with Crippen molar-refractivity contribution in [3.05, 3.63) is 28.8 Å². The van der Waals surface area contributed by atoms with E-state index in [2.05, 4.69) is 10.4 Å². The maximum atomic E-state index is 5.90. The molecule has 15 heavy (non-hydrogen) atoms. The summed E-state index contributed by atoms with van der Waals surface area (Å²) in [6, 6.07) is 5.29. The first kappa shape index (κ1) is 11.8. The van der Waals surface area contributed by atoms with Gasteiger partial charge in [0.1, 0.15) is 11.6 Å². The number of methoxy groups -OCH3 is 1. The summed E-state index contributed by atoms with van der Waals surface area (Å²) in [6.45, 7) is 2.56. The average Bonchev–Trinajstić information content (AvgIpc) is 2.26. The maximum absolute atomic E-state index is 5.90. The Bertz CT molecular complexity index is 366. The summed E-state index contributed by atoms with van der Waals surface area (Å²) in [5.41, 5.74) is 3.29. The van der Waals surface area contributed by atoms with Gasteiger partial charge in [-0.1, -0.05) is 11.6 Å². The molecule has 0 aliphatic carbocycles. The van der Waals surface area contributed by atoms with Gasteiger partial charge in [0.15, 0.2) is 0 Å². The van der Waals surface area contributed by atoms with Crippen LogP contribution in [0.5, 0.6) is 5.75 Å². The quantitative estimate of drug-likeness (QED) is 0.357. The fourth-order valence-electron chi connectivity index (χ4n) is 1.23. The Morgan fingerprint density at radius 2 is 2.33 bits per heavy atom. The fraction of sp³-hybridized carbons (Fsp3) is 0.300. The predicted molar refractivity (Wildman–Crippen MR) is 62.4 cm³/mol. The third-order valence-corrected chi connectivity index (χ3v) is 2.10. The summed E-state index contributed by atoms with van der Waals surface area (Å²) in [5, 5.41) is 0.616. The lowest BCUT2D eigenvalue weighted by molar-refractivity contribution is 0.413. The molecule has 0 aromatic heterocycles. The maximum Gasteiger partial charge on any atom is 0.146 e. The second-order valence-corrected chi connectivity index (χ2v) is 3.25. The molecule has 1 aromatic carbocycles. The topological polar surface area (TPSA) is 59.6 Å². The van der Waals surface area contributed by atoms with Crippen molar-refractivity contribution >= 4 is 17.4 Å². The van der Waals surface area contributed by atoms with Crippen LogP contribution in [0.2, 0.25) is 5.02 Å². The van der Waals surface area contributed by atoms with Crippen molar-refractivity contribution in [1.29, 1.82) is 0 Å². The van der Waals surface area contributed by atoms with Crippen LogP contribution in [0.15, 0.2) is 23.2 Å². The minimum Gasteiger partial charge on any atom is -0.496 e. The van der Waals surface area contributed by atoms with Gasteiger partial charge < -0.3 is 10.2 Å². The zero-order chi connectivity index (χ0) is 11.3. The average molecular weight is 228 g/mol. The van der Waals surface area contributed by atoms with Crippen LogP contribution in [0.1, 0.15) is 12.5 Å². The van der Waals surface area contributed by atoms with Crippen LogP contribution in [0.4, 0.5) is 0 Å². The number of benzene rings is 1. The molecule has 5 heteroatoms. The molecule has 0 radical (unpaired) electrons. The lowest BCUT2D eigenvalue weighted by Crippen LogP contribution is -2.31. The van der Waals surface area contributed by atoms with Crippen molar-refractivity contribution in [2.75, 3.05) is 13.7 Å². The Kier molecular flexibility index (Phi) is 4.39. The van der Waals surface area contributed by atoms with Crippen LogP contribution < -0.4 is 16.0 Å². The van der Waals surface area contributed by atoms with Gasteiger partial charge in [0.05, 0.1) is 12.7 Å². The first-order valence-corrected chi connectivity index (χ1v) is 4.95. The van der Waals surface area contributed by atoms with Crippen LogP contribution in [-0.2, 0) is 0 Å². The molecule has 0 aliphatic rings. The predicted octanol–water partition coefficient (Wildman–Crippen LogP) is 1.58. The SMILES string of the molecule is CCN=C(NN)c1cc(Cl)ccc1OC. The van der Waals surface area contributed by atoms with Gasteiger partial charge in [0.2, 0.25) is 0 Å². The number of rotatable bonds is 3. The van der Waals surface area contributed by atoms with Gasteiger partial charge in [-0.2, -0.15) is 0 Å². The van der Waals surface area contributed by atoms with Crippen molar-refractivity contribution in [2.45, 2.75) is 6.92 Å². The van der Waals surface area contributed by atoms with Crippen molar-refractivity contribution in [3.8, 4) is 5.75 Å². The summed E-state index contributed by atoms with van der Waals surface area (Å²) in [4.78, 5) is 4.20. The molecule has 3 N–H and O–H groups in total. The molecule has 0 spiro atoms. The highest BCUT2D eigenvalue weighted by molar-refractivity contribution is 6.31. The van der Waals surface area contributed by atoms with E-state index in [0.29, 0.717) is 23.2 Å². The monoisotopic (exact) mass is 227 g/mol. The molecule has 0 atom stereocenters. The van der Waals surface area contributed by atoms with E-state index in [1.54, 1.807) is 25.3 Å². The molecular weight excluding hydrogens is 214 g/mol. The standard InChI is InChI=1S/C10H14ClN3O/c1-3-13-10(14-12)8-6-7(11)4-5-9(8)15-2/h4-6H,3,12H2,1-2H3,(H,13,14). The number of nitrogens with one attached hydrogen (secondary N) is 1. The highest BCUT2D eigenvalue weighted by atomic mass is 35.5. The fourth-order valence-corrected chi connectivity index (χ4v) is 1.40. The zero-order valence-corrected chi connectivity index (χ0v) is 9.51. The summed E-state index contributed by atoms with van der Waals surface area (Å²) in [7, 11) is 1.59. The highest BCUT2D eigenvalue weighted by Gasteiger charge is 2.09. The molecule has 0 heterocycles. The molecule has 1 aromatic rings. The Balaban J connectivity index is 3.20. The molecular formula is C10H14ClN3O. The lowest BCUT2D eigenvalue weighted by atomic mass is 10.2. The number of nitrogens with zero attached hydrogens (tertiary/aromatic N) is 1.